The van der Waals surface area contributed by atoms with E-state index in [0.29, 0.717) is 57.1 Å². The molecule has 0 bridgehead atoms. The Morgan fingerprint density at radius 1 is 0.682 bits per heavy atom. The van der Waals surface area contributed by atoms with Crippen molar-refractivity contribution in [3.63, 3.8) is 0 Å². The summed E-state index contributed by atoms with van der Waals surface area (Å²) in [5, 5.41) is 12.1. The molecule has 0 saturated carbocycles. The molecule has 10 heterocycles. The molecule has 10 aliphatic rings. The summed E-state index contributed by atoms with van der Waals surface area (Å²) in [7, 11) is -9.66. The molecule has 0 unspecified atom stereocenters. The van der Waals surface area contributed by atoms with Crippen LogP contribution in [0, 0.1) is 5.92 Å². The normalized spacial score (nSPS) is 51.4. The SMILES string of the molecule is CC(=O)C1=C(C)C[C@@H]2O[C@@]3(C)[C@H](C[C@H]2O1)O[C@@H]1C[C@@H]2O[C@@H]4C[C@@H]5O[C@@H]6C[C@@H]7O[C@@H]8C[C@H](OS(=O)(=O)O)[C@@H](CCOS(=O)(=O)O)O[C@H]8C[C@H]7O[C@H]6CC[C@@]5(C)O[C@@]4(C)CC[C@H](C)[C@H]2O[C@H]1[C@H]3O. The van der Waals surface area contributed by atoms with Gasteiger partial charge in [-0.1, -0.05) is 6.92 Å². The van der Waals surface area contributed by atoms with Gasteiger partial charge in [-0.2, -0.15) is 16.8 Å². The first kappa shape index (κ1) is 48.2. The Kier molecular flexibility index (Phi) is 12.7. The summed E-state index contributed by atoms with van der Waals surface area (Å²) in [5.41, 5.74) is -1.52. The van der Waals surface area contributed by atoms with Crippen molar-refractivity contribution < 1.29 is 91.6 Å². The monoisotopic (exact) mass is 978 g/mol. The van der Waals surface area contributed by atoms with Crippen LogP contribution in [-0.2, 0) is 81.3 Å². The molecule has 22 heteroatoms. The second kappa shape index (κ2) is 17.4. The van der Waals surface area contributed by atoms with Crippen molar-refractivity contribution >= 4 is 26.6 Å². The van der Waals surface area contributed by atoms with Crippen LogP contribution in [0.2, 0.25) is 0 Å². The topological polar surface area (TPSA) is 257 Å². The van der Waals surface area contributed by atoms with Gasteiger partial charge in [-0.05, 0) is 64.9 Å². The third-order valence-electron chi connectivity index (χ3n) is 16.6. The Morgan fingerprint density at radius 2 is 1.27 bits per heavy atom. The Bertz CT molecular complexity index is 2120. The van der Waals surface area contributed by atoms with Gasteiger partial charge in [0.05, 0.1) is 103 Å². The van der Waals surface area contributed by atoms with E-state index in [1.54, 1.807) is 0 Å². The molecule has 66 heavy (non-hydrogen) atoms. The van der Waals surface area contributed by atoms with E-state index in [4.69, 9.17) is 56.1 Å². The van der Waals surface area contributed by atoms with Gasteiger partial charge in [-0.3, -0.25) is 13.9 Å². The van der Waals surface area contributed by atoms with Crippen LogP contribution in [0.15, 0.2) is 11.3 Å². The Hall–Kier alpha value is -1.45. The number of hydrogen-bond acceptors (Lipinski definition) is 18. The molecule has 0 aliphatic carbocycles. The maximum absolute atomic E-state index is 12.4. The maximum Gasteiger partial charge on any atom is 0.397 e. The highest BCUT2D eigenvalue weighted by molar-refractivity contribution is 7.81. The molecule has 9 fully saturated rings. The largest absolute Gasteiger partial charge is 0.484 e. The van der Waals surface area contributed by atoms with Gasteiger partial charge in [0.25, 0.3) is 0 Å². The zero-order chi connectivity index (χ0) is 46.9. The maximum atomic E-state index is 12.4. The first-order chi connectivity index (χ1) is 31.0. The number of rotatable bonds is 7. The number of allylic oxidation sites excluding steroid dienone is 1. The first-order valence-electron chi connectivity index (χ1n) is 23.8. The Morgan fingerprint density at radius 3 is 1.95 bits per heavy atom. The van der Waals surface area contributed by atoms with Crippen molar-refractivity contribution in [2.75, 3.05) is 6.61 Å². The van der Waals surface area contributed by atoms with Crippen LogP contribution in [-0.4, -0.2) is 170 Å². The minimum atomic E-state index is -4.91. The van der Waals surface area contributed by atoms with Crippen LogP contribution in [0.4, 0.5) is 0 Å². The summed E-state index contributed by atoms with van der Waals surface area (Å²) in [6.07, 6.45) is -3.89. The summed E-state index contributed by atoms with van der Waals surface area (Å²) >= 11 is 0. The lowest BCUT2D eigenvalue weighted by Gasteiger charge is -2.60. The lowest BCUT2D eigenvalue weighted by Crippen LogP contribution is -2.73. The number of aliphatic hydroxyl groups excluding tert-OH is 1. The van der Waals surface area contributed by atoms with E-state index in [1.165, 1.54) is 6.92 Å². The number of carbonyl (C=O) groups is 1. The summed E-state index contributed by atoms with van der Waals surface area (Å²) < 4.78 is 142. The predicted molar refractivity (Wildman–Crippen MR) is 225 cm³/mol. The van der Waals surface area contributed by atoms with E-state index in [2.05, 4.69) is 25.0 Å². The molecular weight excluding hydrogens is 913 g/mol. The highest BCUT2D eigenvalue weighted by Gasteiger charge is 2.64. The van der Waals surface area contributed by atoms with E-state index >= 15 is 0 Å². The number of ketones is 1. The second-order valence-corrected chi connectivity index (χ2v) is 23.4. The fourth-order valence-corrected chi connectivity index (χ4v) is 14.0. The van der Waals surface area contributed by atoms with Crippen LogP contribution < -0.4 is 0 Å². The van der Waals surface area contributed by atoms with Crippen LogP contribution in [0.1, 0.15) is 119 Å². The number of aliphatic hydroxyl groups is 1. The number of ether oxygens (including phenoxy) is 10. The van der Waals surface area contributed by atoms with Gasteiger partial charge < -0.3 is 52.5 Å². The third-order valence-corrected chi connectivity index (χ3v) is 17.6. The molecule has 22 atom stereocenters. The summed E-state index contributed by atoms with van der Waals surface area (Å²) in [6, 6.07) is 0. The van der Waals surface area contributed by atoms with Crippen LogP contribution in [0.5, 0.6) is 0 Å². The zero-order valence-corrected chi connectivity index (χ0v) is 39.9. The fraction of sp³-hybridized carbons (Fsp3) is 0.932. The number of Topliss-reactive ketones (excluding diaryl/α,β-unsaturated/α-hetero) is 1. The quantitative estimate of drug-likeness (QED) is 0.310. The van der Waals surface area contributed by atoms with Crippen LogP contribution in [0.3, 0.4) is 0 Å². The molecule has 10 aliphatic heterocycles. The van der Waals surface area contributed by atoms with Crippen molar-refractivity contribution in [3.8, 4) is 0 Å². The molecule has 9 saturated heterocycles. The number of carbonyl (C=O) groups excluding carboxylic acids is 1. The molecule has 0 aromatic heterocycles. The van der Waals surface area contributed by atoms with Gasteiger partial charge in [0.2, 0.25) is 0 Å². The molecule has 0 aromatic carbocycles. The van der Waals surface area contributed by atoms with Gasteiger partial charge in [0.15, 0.2) is 11.5 Å². The van der Waals surface area contributed by atoms with Crippen molar-refractivity contribution in [1.29, 1.82) is 0 Å². The smallest absolute Gasteiger partial charge is 0.397 e. The van der Waals surface area contributed by atoms with Crippen LogP contribution in [0.25, 0.3) is 0 Å². The minimum absolute atomic E-state index is 0.0177. The van der Waals surface area contributed by atoms with Crippen molar-refractivity contribution in [1.82, 2.24) is 0 Å². The van der Waals surface area contributed by atoms with Gasteiger partial charge in [0, 0.05) is 58.3 Å². The van der Waals surface area contributed by atoms with E-state index in [9.17, 15) is 31.3 Å². The van der Waals surface area contributed by atoms with E-state index in [0.717, 1.165) is 18.4 Å². The molecule has 0 radical (unpaired) electrons. The van der Waals surface area contributed by atoms with Gasteiger partial charge in [-0.25, -0.2) is 8.37 Å². The number of hydrogen-bond donors (Lipinski definition) is 3. The van der Waals surface area contributed by atoms with E-state index in [1.807, 2.05) is 13.8 Å². The summed E-state index contributed by atoms with van der Waals surface area (Å²) in [5.74, 6) is 0.332. The predicted octanol–water partition coefficient (Wildman–Crippen LogP) is 3.01. The lowest BCUT2D eigenvalue weighted by molar-refractivity contribution is -0.365. The summed E-state index contributed by atoms with van der Waals surface area (Å²) in [4.78, 5) is 12.4. The zero-order valence-electron chi connectivity index (χ0n) is 38.3. The molecule has 0 spiro atoms. The fourth-order valence-electron chi connectivity index (χ4n) is 13.2. The van der Waals surface area contributed by atoms with Gasteiger partial charge >= 0.3 is 20.8 Å². The lowest BCUT2D eigenvalue weighted by atomic mass is 9.73. The minimum Gasteiger partial charge on any atom is -0.484 e. The van der Waals surface area contributed by atoms with Crippen molar-refractivity contribution in [3.05, 3.63) is 11.3 Å². The Labute approximate surface area is 386 Å². The van der Waals surface area contributed by atoms with Crippen LogP contribution >= 0.6 is 0 Å². The molecule has 0 amide bonds. The molecule has 3 N–H and O–H groups in total. The first-order valence-corrected chi connectivity index (χ1v) is 26.5. The highest BCUT2D eigenvalue weighted by Crippen LogP contribution is 2.53. The van der Waals surface area contributed by atoms with Crippen molar-refractivity contribution in [2.24, 2.45) is 5.92 Å². The molecule has 20 nitrogen and oxygen atoms in total. The second-order valence-electron chi connectivity index (χ2n) is 21.3. The van der Waals surface area contributed by atoms with Gasteiger partial charge in [0.1, 0.15) is 30.0 Å². The Balaban J connectivity index is 0.819. The van der Waals surface area contributed by atoms with E-state index in [-0.39, 0.29) is 79.5 Å². The third kappa shape index (κ3) is 9.08. The molecule has 374 valence electrons. The average Bonchev–Trinajstić information content (AvgIpc) is 3.34. The average molecular weight is 979 g/mol. The molecule has 10 rings (SSSR count). The van der Waals surface area contributed by atoms with E-state index < -0.39 is 99.1 Å². The molecular formula is C44H66O20S2. The highest BCUT2D eigenvalue weighted by atomic mass is 32.3. The van der Waals surface area contributed by atoms with Gasteiger partial charge in [-0.15, -0.1) is 0 Å². The molecule has 0 aromatic rings. The summed E-state index contributed by atoms with van der Waals surface area (Å²) in [6.45, 7) is 11.2. The number of fused-ring (bicyclic) bond motifs is 9. The standard InChI is InChI=1S/C44H66O20S2/c1-20-7-10-42(4)36(58-33-17-34-40(61-39(20)33)41(46)44(6)37(59-34)18-30-31(62-44)13-21(2)38(60-30)22(3)45)19-35-43(5,64-42)11-8-23-25(57-35)14-28-26(54-23)15-27-29(56-28)16-32(63-66(50,51)52)24(55-27)9-12-53-65(47,48)49/h20,23-37,39-41,46H,7-19H2,1-6H3,(H,47,48,49)(H,50,51,52)/t20-,23-,24+,25+,26+,27-,28-,29+,30+,31-,32-,33-,34+,35-,36+,37-,39+,40+,41+,42-,43+,44-/m0/s1. The van der Waals surface area contributed by atoms with Crippen molar-refractivity contribution in [2.45, 2.75) is 245 Å².